The van der Waals surface area contributed by atoms with Crippen molar-refractivity contribution in [2.24, 2.45) is 0 Å². The number of aromatic nitrogens is 1. The molecular weight excluding hydrogens is 241 g/mol. The molecule has 0 aromatic carbocycles. The summed E-state index contributed by atoms with van der Waals surface area (Å²) in [6.45, 7) is 0.625. The zero-order valence-corrected chi connectivity index (χ0v) is 9.93. The Hall–Kier alpha value is -1.52. The molecule has 1 aliphatic rings. The lowest BCUT2D eigenvalue weighted by molar-refractivity contribution is -0.137. The molecule has 18 heavy (non-hydrogen) atoms. The van der Waals surface area contributed by atoms with E-state index < -0.39 is 11.7 Å². The molecule has 1 heterocycles. The van der Waals surface area contributed by atoms with Crippen LogP contribution in [0, 0.1) is 0 Å². The van der Waals surface area contributed by atoms with E-state index in [1.54, 1.807) is 0 Å². The van der Waals surface area contributed by atoms with Crippen LogP contribution in [0.4, 0.5) is 19.0 Å². The highest BCUT2D eigenvalue weighted by atomic mass is 19.4. The first-order chi connectivity index (χ1) is 8.55. The maximum atomic E-state index is 12.5. The summed E-state index contributed by atoms with van der Waals surface area (Å²) in [4.78, 5) is 3.89. The Balaban J connectivity index is 1.89. The molecule has 0 amide bonds. The van der Waals surface area contributed by atoms with Gasteiger partial charge in [-0.15, -0.1) is 0 Å². The van der Waals surface area contributed by atoms with Crippen molar-refractivity contribution in [3.63, 3.8) is 0 Å². The molecule has 1 N–H and O–H groups in total. The summed E-state index contributed by atoms with van der Waals surface area (Å²) in [6.07, 6.45) is 3.37. The van der Waals surface area contributed by atoms with Crippen LogP contribution in [0.2, 0.25) is 0 Å². The lowest BCUT2D eigenvalue weighted by Crippen LogP contribution is -2.08. The van der Waals surface area contributed by atoms with E-state index >= 15 is 0 Å². The van der Waals surface area contributed by atoms with E-state index in [1.165, 1.54) is 18.2 Å². The van der Waals surface area contributed by atoms with Crippen LogP contribution in [0.3, 0.4) is 0 Å². The van der Waals surface area contributed by atoms with Gasteiger partial charge >= 0.3 is 6.18 Å². The summed E-state index contributed by atoms with van der Waals surface area (Å²) in [5, 5.41) is 2.93. The minimum absolute atomic E-state index is 0.281. The summed E-state index contributed by atoms with van der Waals surface area (Å²) < 4.78 is 37.4. The molecule has 5 heteroatoms. The quantitative estimate of drug-likeness (QED) is 0.823. The summed E-state index contributed by atoms with van der Waals surface area (Å²) in [6, 6.07) is 2.02. The fourth-order valence-corrected chi connectivity index (χ4v) is 2.02. The highest BCUT2D eigenvalue weighted by molar-refractivity contribution is 5.38. The SMILES string of the molecule is FC(F)(F)c1ccnc(NCCC2=CCCC2)c1. The van der Waals surface area contributed by atoms with Crippen molar-refractivity contribution < 1.29 is 13.2 Å². The van der Waals surface area contributed by atoms with E-state index in [2.05, 4.69) is 16.4 Å². The number of hydrogen-bond donors (Lipinski definition) is 1. The molecule has 2 nitrogen and oxygen atoms in total. The molecule has 2 rings (SSSR count). The standard InChI is InChI=1S/C13H15F3N2/c14-13(15,16)11-6-8-18-12(9-11)17-7-5-10-3-1-2-4-10/h3,6,8-9H,1-2,4-5,7H2,(H,17,18). The molecule has 0 aliphatic heterocycles. The molecule has 0 radical (unpaired) electrons. The lowest BCUT2D eigenvalue weighted by atomic mass is 10.1. The van der Waals surface area contributed by atoms with Crippen LogP contribution < -0.4 is 5.32 Å². The van der Waals surface area contributed by atoms with Crippen molar-refractivity contribution in [2.75, 3.05) is 11.9 Å². The summed E-state index contributed by atoms with van der Waals surface area (Å²) in [7, 11) is 0. The van der Waals surface area contributed by atoms with Crippen LogP contribution in [0.5, 0.6) is 0 Å². The molecule has 1 aromatic rings. The third-order valence-electron chi connectivity index (χ3n) is 2.97. The van der Waals surface area contributed by atoms with E-state index in [-0.39, 0.29) is 5.82 Å². The largest absolute Gasteiger partial charge is 0.416 e. The van der Waals surface area contributed by atoms with Crippen molar-refractivity contribution in [1.82, 2.24) is 4.98 Å². The van der Waals surface area contributed by atoms with Gasteiger partial charge in [-0.2, -0.15) is 13.2 Å². The zero-order valence-electron chi connectivity index (χ0n) is 9.93. The second kappa shape index (κ2) is 5.42. The van der Waals surface area contributed by atoms with Crippen LogP contribution in [-0.4, -0.2) is 11.5 Å². The Labute approximate surface area is 104 Å². The van der Waals surface area contributed by atoms with Crippen molar-refractivity contribution in [2.45, 2.75) is 31.9 Å². The number of alkyl halides is 3. The van der Waals surface area contributed by atoms with Crippen molar-refractivity contribution in [1.29, 1.82) is 0 Å². The topological polar surface area (TPSA) is 24.9 Å². The Morgan fingerprint density at radius 2 is 2.17 bits per heavy atom. The Morgan fingerprint density at radius 3 is 2.83 bits per heavy atom. The molecule has 0 atom stereocenters. The molecule has 98 valence electrons. The average Bonchev–Trinajstić information content (AvgIpc) is 2.81. The number of nitrogens with one attached hydrogen (secondary N) is 1. The smallest absolute Gasteiger partial charge is 0.370 e. The number of rotatable bonds is 4. The molecular formula is C13H15F3N2. The molecule has 0 bridgehead atoms. The number of nitrogens with zero attached hydrogens (tertiary/aromatic N) is 1. The Bertz CT molecular complexity index is 438. The van der Waals surface area contributed by atoms with E-state index in [0.29, 0.717) is 6.54 Å². The fraction of sp³-hybridized carbons (Fsp3) is 0.462. The highest BCUT2D eigenvalue weighted by Gasteiger charge is 2.30. The summed E-state index contributed by atoms with van der Waals surface area (Å²) >= 11 is 0. The minimum atomic E-state index is -4.31. The molecule has 0 saturated heterocycles. The van der Waals surface area contributed by atoms with E-state index in [1.807, 2.05) is 0 Å². The van der Waals surface area contributed by atoms with Crippen molar-refractivity contribution in [3.8, 4) is 0 Å². The van der Waals surface area contributed by atoms with Crippen LogP contribution in [0.25, 0.3) is 0 Å². The first-order valence-electron chi connectivity index (χ1n) is 6.01. The fourth-order valence-electron chi connectivity index (χ4n) is 2.02. The van der Waals surface area contributed by atoms with Gasteiger partial charge in [0.25, 0.3) is 0 Å². The van der Waals surface area contributed by atoms with Gasteiger partial charge in [-0.3, -0.25) is 0 Å². The van der Waals surface area contributed by atoms with Crippen LogP contribution in [0.15, 0.2) is 30.0 Å². The number of hydrogen-bond acceptors (Lipinski definition) is 2. The zero-order chi connectivity index (χ0) is 13.0. The molecule has 0 unspecified atom stereocenters. The van der Waals surface area contributed by atoms with Gasteiger partial charge in [0.1, 0.15) is 5.82 Å². The number of halogens is 3. The van der Waals surface area contributed by atoms with Gasteiger partial charge in [-0.25, -0.2) is 4.98 Å². The van der Waals surface area contributed by atoms with Gasteiger partial charge < -0.3 is 5.32 Å². The predicted octanol–water partition coefficient (Wildman–Crippen LogP) is 4.01. The molecule has 1 aliphatic carbocycles. The van der Waals surface area contributed by atoms with Crippen LogP contribution >= 0.6 is 0 Å². The lowest BCUT2D eigenvalue weighted by Gasteiger charge is -2.09. The van der Waals surface area contributed by atoms with E-state index in [9.17, 15) is 13.2 Å². The number of allylic oxidation sites excluding steroid dienone is 1. The second-order valence-electron chi connectivity index (χ2n) is 4.36. The molecule has 0 spiro atoms. The van der Waals surface area contributed by atoms with Gasteiger partial charge in [0.05, 0.1) is 5.56 Å². The maximum absolute atomic E-state index is 12.5. The maximum Gasteiger partial charge on any atom is 0.416 e. The minimum Gasteiger partial charge on any atom is -0.370 e. The third-order valence-corrected chi connectivity index (χ3v) is 2.97. The van der Waals surface area contributed by atoms with Gasteiger partial charge in [-0.1, -0.05) is 11.6 Å². The highest BCUT2D eigenvalue weighted by Crippen LogP contribution is 2.30. The van der Waals surface area contributed by atoms with Gasteiger partial charge in [0, 0.05) is 12.7 Å². The molecule has 0 fully saturated rings. The third kappa shape index (κ3) is 3.48. The van der Waals surface area contributed by atoms with Crippen molar-refractivity contribution >= 4 is 5.82 Å². The Morgan fingerprint density at radius 1 is 1.33 bits per heavy atom. The average molecular weight is 256 g/mol. The van der Waals surface area contributed by atoms with Crippen LogP contribution in [0.1, 0.15) is 31.2 Å². The molecule has 1 aromatic heterocycles. The van der Waals surface area contributed by atoms with Crippen LogP contribution in [-0.2, 0) is 6.18 Å². The van der Waals surface area contributed by atoms with Crippen molar-refractivity contribution in [3.05, 3.63) is 35.5 Å². The Kier molecular flexibility index (Phi) is 3.89. The molecule has 0 saturated carbocycles. The van der Waals surface area contributed by atoms with Gasteiger partial charge in [0.2, 0.25) is 0 Å². The normalized spacial score (nSPS) is 15.6. The first-order valence-corrected chi connectivity index (χ1v) is 6.01. The monoisotopic (exact) mass is 256 g/mol. The van der Waals surface area contributed by atoms with E-state index in [0.717, 1.165) is 31.4 Å². The second-order valence-corrected chi connectivity index (χ2v) is 4.36. The predicted molar refractivity (Wildman–Crippen MR) is 64.3 cm³/mol. The van der Waals surface area contributed by atoms with Gasteiger partial charge in [-0.05, 0) is 37.8 Å². The number of pyridine rings is 1. The summed E-state index contributed by atoms with van der Waals surface area (Å²) in [5.74, 6) is 0.281. The van der Waals surface area contributed by atoms with Gasteiger partial charge in [0.15, 0.2) is 0 Å². The van der Waals surface area contributed by atoms with E-state index in [4.69, 9.17) is 0 Å². The first kappa shape index (κ1) is 12.9. The number of anilines is 1. The summed E-state index contributed by atoms with van der Waals surface area (Å²) in [5.41, 5.74) is 0.717.